The first-order valence-electron chi connectivity index (χ1n) is 6.17. The van der Waals surface area contributed by atoms with E-state index in [0.717, 1.165) is 18.6 Å². The summed E-state index contributed by atoms with van der Waals surface area (Å²) in [6, 6.07) is 3.97. The zero-order valence-corrected chi connectivity index (χ0v) is 10.8. The molecule has 2 N–H and O–H groups in total. The summed E-state index contributed by atoms with van der Waals surface area (Å²) < 4.78 is 42.9. The number of rotatable bonds is 4. The fourth-order valence-electron chi connectivity index (χ4n) is 1.77. The Balaban J connectivity index is 2.26. The molecule has 1 unspecified atom stereocenters. The highest BCUT2D eigenvalue weighted by Gasteiger charge is 2.31. The SMILES string of the molecule is CCCc1nc(C(N)c2cccc(C(F)(F)F)c2)no1. The highest BCUT2D eigenvalue weighted by molar-refractivity contribution is 5.30. The molecule has 0 saturated carbocycles. The highest BCUT2D eigenvalue weighted by Crippen LogP contribution is 2.31. The summed E-state index contributed by atoms with van der Waals surface area (Å²) in [6.45, 7) is 1.95. The normalized spacial score (nSPS) is 13.4. The van der Waals surface area contributed by atoms with E-state index in [1.807, 2.05) is 6.92 Å². The Hall–Kier alpha value is -1.89. The average molecular weight is 285 g/mol. The van der Waals surface area contributed by atoms with Crippen LogP contribution in [0.5, 0.6) is 0 Å². The number of benzene rings is 1. The molecule has 0 radical (unpaired) electrons. The molecule has 108 valence electrons. The van der Waals surface area contributed by atoms with Gasteiger partial charge in [0.2, 0.25) is 5.89 Å². The molecule has 20 heavy (non-hydrogen) atoms. The molecule has 0 bridgehead atoms. The average Bonchev–Trinajstić information content (AvgIpc) is 2.86. The Morgan fingerprint density at radius 2 is 2.10 bits per heavy atom. The molecule has 0 amide bonds. The number of nitrogens with zero attached hydrogens (tertiary/aromatic N) is 2. The molecule has 0 aliphatic rings. The fraction of sp³-hybridized carbons (Fsp3) is 0.385. The van der Waals surface area contributed by atoms with Crippen molar-refractivity contribution >= 4 is 0 Å². The Labute approximate surface area is 113 Å². The van der Waals surface area contributed by atoms with Gasteiger partial charge in [-0.05, 0) is 24.1 Å². The predicted molar refractivity (Wildman–Crippen MR) is 65.8 cm³/mol. The third kappa shape index (κ3) is 3.16. The molecular weight excluding hydrogens is 271 g/mol. The van der Waals surface area contributed by atoms with Crippen molar-refractivity contribution in [3.05, 3.63) is 47.1 Å². The largest absolute Gasteiger partial charge is 0.416 e. The maximum absolute atomic E-state index is 12.6. The second-order valence-electron chi connectivity index (χ2n) is 4.40. The summed E-state index contributed by atoms with van der Waals surface area (Å²) in [4.78, 5) is 4.08. The van der Waals surface area contributed by atoms with Crippen molar-refractivity contribution in [2.45, 2.75) is 32.0 Å². The maximum atomic E-state index is 12.6. The molecule has 0 spiro atoms. The van der Waals surface area contributed by atoms with Gasteiger partial charge in [0.15, 0.2) is 5.82 Å². The van der Waals surface area contributed by atoms with E-state index in [4.69, 9.17) is 10.3 Å². The van der Waals surface area contributed by atoms with Gasteiger partial charge < -0.3 is 10.3 Å². The summed E-state index contributed by atoms with van der Waals surface area (Å²) in [7, 11) is 0. The monoisotopic (exact) mass is 285 g/mol. The number of hydrogen-bond acceptors (Lipinski definition) is 4. The summed E-state index contributed by atoms with van der Waals surface area (Å²) >= 11 is 0. The van der Waals surface area contributed by atoms with Gasteiger partial charge in [-0.25, -0.2) is 0 Å². The van der Waals surface area contributed by atoms with Gasteiger partial charge in [0.05, 0.1) is 11.6 Å². The van der Waals surface area contributed by atoms with Crippen LogP contribution < -0.4 is 5.73 Å². The van der Waals surface area contributed by atoms with Gasteiger partial charge in [-0.2, -0.15) is 18.2 Å². The lowest BCUT2D eigenvalue weighted by Crippen LogP contribution is -2.15. The minimum Gasteiger partial charge on any atom is -0.339 e. The molecule has 0 fully saturated rings. The topological polar surface area (TPSA) is 64.9 Å². The van der Waals surface area contributed by atoms with Crippen LogP contribution in [-0.4, -0.2) is 10.1 Å². The van der Waals surface area contributed by atoms with Crippen molar-refractivity contribution in [3.63, 3.8) is 0 Å². The number of halogens is 3. The molecular formula is C13H14F3N3O. The van der Waals surface area contributed by atoms with Crippen molar-refractivity contribution < 1.29 is 17.7 Å². The molecule has 1 heterocycles. The minimum absolute atomic E-state index is 0.188. The van der Waals surface area contributed by atoms with Gasteiger partial charge in [0.25, 0.3) is 0 Å². The number of hydrogen-bond donors (Lipinski definition) is 1. The fourth-order valence-corrected chi connectivity index (χ4v) is 1.77. The number of aryl methyl sites for hydroxylation is 1. The molecule has 2 rings (SSSR count). The van der Waals surface area contributed by atoms with Crippen LogP contribution in [0.3, 0.4) is 0 Å². The third-order valence-corrected chi connectivity index (χ3v) is 2.80. The van der Waals surface area contributed by atoms with E-state index in [1.165, 1.54) is 12.1 Å². The smallest absolute Gasteiger partial charge is 0.339 e. The van der Waals surface area contributed by atoms with Gasteiger partial charge in [-0.15, -0.1) is 0 Å². The molecule has 2 aromatic rings. The second-order valence-corrected chi connectivity index (χ2v) is 4.40. The number of aromatic nitrogens is 2. The van der Waals surface area contributed by atoms with Gasteiger partial charge in [-0.3, -0.25) is 0 Å². The van der Waals surface area contributed by atoms with Crippen molar-refractivity contribution in [3.8, 4) is 0 Å². The Bertz CT molecular complexity index is 580. The lowest BCUT2D eigenvalue weighted by molar-refractivity contribution is -0.137. The quantitative estimate of drug-likeness (QED) is 0.937. The van der Waals surface area contributed by atoms with Gasteiger partial charge in [-0.1, -0.05) is 24.2 Å². The van der Waals surface area contributed by atoms with Crippen LogP contribution in [0.1, 0.15) is 42.2 Å². The van der Waals surface area contributed by atoms with Crippen LogP contribution >= 0.6 is 0 Å². The predicted octanol–water partition coefficient (Wildman–Crippen LogP) is 3.09. The summed E-state index contributed by atoms with van der Waals surface area (Å²) in [6.07, 6.45) is -2.96. The zero-order valence-electron chi connectivity index (χ0n) is 10.8. The molecule has 4 nitrogen and oxygen atoms in total. The van der Waals surface area contributed by atoms with E-state index >= 15 is 0 Å². The van der Waals surface area contributed by atoms with Crippen LogP contribution in [0.2, 0.25) is 0 Å². The summed E-state index contributed by atoms with van der Waals surface area (Å²) in [5.41, 5.74) is 5.43. The van der Waals surface area contributed by atoms with E-state index in [-0.39, 0.29) is 5.82 Å². The number of alkyl halides is 3. The summed E-state index contributed by atoms with van der Waals surface area (Å²) in [5, 5.41) is 3.71. The number of nitrogens with two attached hydrogens (primary N) is 1. The van der Waals surface area contributed by atoms with Crippen molar-refractivity contribution in [1.82, 2.24) is 10.1 Å². The lowest BCUT2D eigenvalue weighted by Gasteiger charge is -2.11. The lowest BCUT2D eigenvalue weighted by atomic mass is 10.0. The maximum Gasteiger partial charge on any atom is 0.416 e. The van der Waals surface area contributed by atoms with Crippen molar-refractivity contribution in [2.75, 3.05) is 0 Å². The first kappa shape index (κ1) is 14.5. The molecule has 1 aromatic heterocycles. The van der Waals surface area contributed by atoms with E-state index in [1.54, 1.807) is 0 Å². The van der Waals surface area contributed by atoms with Crippen LogP contribution in [0.15, 0.2) is 28.8 Å². The van der Waals surface area contributed by atoms with E-state index in [0.29, 0.717) is 17.9 Å². The van der Waals surface area contributed by atoms with E-state index in [2.05, 4.69) is 10.1 Å². The highest BCUT2D eigenvalue weighted by atomic mass is 19.4. The van der Waals surface area contributed by atoms with Crippen molar-refractivity contribution in [1.29, 1.82) is 0 Å². The third-order valence-electron chi connectivity index (χ3n) is 2.80. The van der Waals surface area contributed by atoms with Gasteiger partial charge in [0.1, 0.15) is 0 Å². The molecule has 0 aliphatic carbocycles. The first-order chi connectivity index (χ1) is 9.41. The van der Waals surface area contributed by atoms with Gasteiger partial charge in [0, 0.05) is 6.42 Å². The summed E-state index contributed by atoms with van der Waals surface area (Å²) in [5.74, 6) is 0.623. The van der Waals surface area contributed by atoms with Crippen LogP contribution in [0, 0.1) is 0 Å². The Morgan fingerprint density at radius 1 is 1.35 bits per heavy atom. The standard InChI is InChI=1S/C13H14F3N3O/c1-2-4-10-18-12(19-20-10)11(17)8-5-3-6-9(7-8)13(14,15)16/h3,5-7,11H,2,4,17H2,1H3. The Kier molecular flexibility index (Phi) is 4.08. The minimum atomic E-state index is -4.40. The first-order valence-corrected chi connectivity index (χ1v) is 6.17. The van der Waals surface area contributed by atoms with Crippen LogP contribution in [0.4, 0.5) is 13.2 Å². The van der Waals surface area contributed by atoms with Crippen LogP contribution in [0.25, 0.3) is 0 Å². The van der Waals surface area contributed by atoms with Gasteiger partial charge >= 0.3 is 6.18 Å². The van der Waals surface area contributed by atoms with E-state index in [9.17, 15) is 13.2 Å². The molecule has 0 aliphatic heterocycles. The molecule has 0 saturated heterocycles. The Morgan fingerprint density at radius 3 is 2.75 bits per heavy atom. The van der Waals surface area contributed by atoms with Crippen LogP contribution in [-0.2, 0) is 12.6 Å². The van der Waals surface area contributed by atoms with Crippen molar-refractivity contribution in [2.24, 2.45) is 5.73 Å². The molecule has 1 aromatic carbocycles. The molecule has 1 atom stereocenters. The van der Waals surface area contributed by atoms with E-state index < -0.39 is 17.8 Å². The second kappa shape index (κ2) is 5.62. The molecule has 7 heteroatoms. The zero-order chi connectivity index (χ0) is 14.8.